The van der Waals surface area contributed by atoms with Crippen molar-refractivity contribution in [2.24, 2.45) is 16.7 Å². The fraction of sp³-hybridized carbons (Fsp3) is 0.700. The molecule has 4 atom stereocenters. The first kappa shape index (κ1) is 16.1. The summed E-state index contributed by atoms with van der Waals surface area (Å²) in [5, 5.41) is 11.1. The van der Waals surface area contributed by atoms with Crippen LogP contribution in [0.5, 0.6) is 0 Å². The number of ether oxygens (including phenoxy) is 1. The minimum absolute atomic E-state index is 0.0632. The van der Waals surface area contributed by atoms with Gasteiger partial charge >= 0.3 is 5.97 Å². The number of hydrogen-bond acceptors (Lipinski definition) is 4. The normalized spacial score (nSPS) is 41.0. The maximum absolute atomic E-state index is 13.1. The summed E-state index contributed by atoms with van der Waals surface area (Å²) in [4.78, 5) is 25.0. The van der Waals surface area contributed by atoms with Crippen LogP contribution in [0.1, 0.15) is 59.8 Å². The lowest BCUT2D eigenvalue weighted by Gasteiger charge is -2.57. The van der Waals surface area contributed by atoms with Crippen molar-refractivity contribution in [1.82, 2.24) is 0 Å². The van der Waals surface area contributed by atoms with E-state index in [0.717, 1.165) is 30.4 Å². The summed E-state index contributed by atoms with van der Waals surface area (Å²) in [6, 6.07) is 0. The van der Waals surface area contributed by atoms with Gasteiger partial charge in [0.05, 0.1) is 5.57 Å². The van der Waals surface area contributed by atoms with E-state index < -0.39 is 18.2 Å². The van der Waals surface area contributed by atoms with Crippen molar-refractivity contribution in [1.29, 1.82) is 0 Å². The molecule has 4 unspecified atom stereocenters. The van der Waals surface area contributed by atoms with E-state index in [0.29, 0.717) is 23.5 Å². The predicted octanol–water partition coefficient (Wildman–Crippen LogP) is 3.09. The molecule has 130 valence electrons. The van der Waals surface area contributed by atoms with Gasteiger partial charge < -0.3 is 9.84 Å². The van der Waals surface area contributed by atoms with Gasteiger partial charge in [0.1, 0.15) is 6.10 Å². The van der Waals surface area contributed by atoms with E-state index in [4.69, 9.17) is 4.74 Å². The Morgan fingerprint density at radius 2 is 1.88 bits per heavy atom. The van der Waals surface area contributed by atoms with Crippen molar-refractivity contribution in [2.75, 3.05) is 0 Å². The quantitative estimate of drug-likeness (QED) is 0.693. The molecule has 0 amide bonds. The Bertz CT molecular complexity index is 711. The number of aliphatic hydroxyl groups excluding tert-OH is 1. The van der Waals surface area contributed by atoms with Crippen LogP contribution in [0.4, 0.5) is 0 Å². The standard InChI is InChI=1S/C20H26O4/c1-10-13-15(21)11-6-7-12-19(2,3)8-5-9-20(12,4)14(11)16(22)17(13)24-18(10)23/h12,16-17,22H,5-9H2,1-4H3. The highest BCUT2D eigenvalue weighted by atomic mass is 16.6. The number of hydrogen-bond donors (Lipinski definition) is 1. The number of carbonyl (C=O) groups is 2. The Morgan fingerprint density at radius 1 is 1.17 bits per heavy atom. The van der Waals surface area contributed by atoms with Crippen molar-refractivity contribution in [2.45, 2.75) is 72.0 Å². The molecule has 4 heteroatoms. The molecule has 1 N–H and O–H groups in total. The highest BCUT2D eigenvalue weighted by molar-refractivity contribution is 6.16. The third kappa shape index (κ3) is 1.83. The second kappa shape index (κ2) is 4.81. The summed E-state index contributed by atoms with van der Waals surface area (Å²) in [7, 11) is 0. The Balaban J connectivity index is 1.88. The summed E-state index contributed by atoms with van der Waals surface area (Å²) in [5.74, 6) is -0.0803. The first-order valence-electron chi connectivity index (χ1n) is 9.06. The van der Waals surface area contributed by atoms with E-state index in [9.17, 15) is 14.7 Å². The maximum Gasteiger partial charge on any atom is 0.335 e. The monoisotopic (exact) mass is 330 g/mol. The molecular weight excluding hydrogens is 304 g/mol. The number of Topliss-reactive ketones (excluding diaryl/α,β-unsaturated/α-hetero) is 1. The van der Waals surface area contributed by atoms with Crippen LogP contribution in [-0.4, -0.2) is 29.1 Å². The molecule has 0 bridgehead atoms. The lowest BCUT2D eigenvalue weighted by atomic mass is 9.48. The fourth-order valence-electron chi connectivity index (χ4n) is 6.10. The van der Waals surface area contributed by atoms with Crippen LogP contribution in [0.3, 0.4) is 0 Å². The number of carbonyl (C=O) groups excluding carboxylic acids is 2. The molecule has 4 nitrogen and oxygen atoms in total. The summed E-state index contributed by atoms with van der Waals surface area (Å²) < 4.78 is 5.37. The van der Waals surface area contributed by atoms with Crippen LogP contribution in [0.15, 0.2) is 22.3 Å². The van der Waals surface area contributed by atoms with Gasteiger partial charge in [0, 0.05) is 11.1 Å². The van der Waals surface area contributed by atoms with Crippen LogP contribution in [0.2, 0.25) is 0 Å². The molecule has 0 spiro atoms. The molecule has 1 fully saturated rings. The third-order valence-corrected chi connectivity index (χ3v) is 7.18. The van der Waals surface area contributed by atoms with Crippen LogP contribution in [0, 0.1) is 16.7 Å². The van der Waals surface area contributed by atoms with Crippen molar-refractivity contribution in [3.63, 3.8) is 0 Å². The van der Waals surface area contributed by atoms with Crippen molar-refractivity contribution < 1.29 is 19.4 Å². The molecule has 3 aliphatic carbocycles. The molecule has 0 saturated heterocycles. The van der Waals surface area contributed by atoms with Gasteiger partial charge in [-0.15, -0.1) is 0 Å². The van der Waals surface area contributed by atoms with E-state index in [2.05, 4.69) is 20.8 Å². The van der Waals surface area contributed by atoms with E-state index in [1.807, 2.05) is 0 Å². The van der Waals surface area contributed by atoms with E-state index >= 15 is 0 Å². The molecule has 4 aliphatic rings. The van der Waals surface area contributed by atoms with Crippen molar-refractivity contribution in [3.05, 3.63) is 22.3 Å². The first-order valence-corrected chi connectivity index (χ1v) is 9.06. The van der Waals surface area contributed by atoms with Crippen LogP contribution >= 0.6 is 0 Å². The number of ketones is 1. The Morgan fingerprint density at radius 3 is 2.58 bits per heavy atom. The average Bonchev–Trinajstić information content (AvgIpc) is 2.79. The number of fused-ring (bicyclic) bond motifs is 3. The summed E-state index contributed by atoms with van der Waals surface area (Å²) in [6.45, 7) is 8.46. The van der Waals surface area contributed by atoms with Gasteiger partial charge in [-0.2, -0.15) is 0 Å². The zero-order chi connectivity index (χ0) is 17.4. The van der Waals surface area contributed by atoms with Gasteiger partial charge in [0.2, 0.25) is 0 Å². The minimum atomic E-state index is -0.879. The molecular formula is C20H26O4. The van der Waals surface area contributed by atoms with Gasteiger partial charge in [-0.1, -0.05) is 27.2 Å². The number of allylic oxidation sites excluding steroid dienone is 1. The van der Waals surface area contributed by atoms with Gasteiger partial charge in [-0.3, -0.25) is 4.79 Å². The van der Waals surface area contributed by atoms with Gasteiger partial charge in [0.25, 0.3) is 0 Å². The molecule has 1 aliphatic heterocycles. The molecule has 24 heavy (non-hydrogen) atoms. The molecule has 0 radical (unpaired) electrons. The van der Waals surface area contributed by atoms with Gasteiger partial charge in [0.15, 0.2) is 11.9 Å². The molecule has 0 aromatic heterocycles. The second-order valence-electron chi connectivity index (χ2n) is 8.88. The predicted molar refractivity (Wildman–Crippen MR) is 89.1 cm³/mol. The molecule has 0 aromatic carbocycles. The SMILES string of the molecule is CC1=C2C(=O)C3=C(C(O)C2OC1=O)C1(C)CCCC(C)(C)C1CC3. The summed E-state index contributed by atoms with van der Waals surface area (Å²) in [6.07, 6.45) is 3.27. The lowest BCUT2D eigenvalue weighted by Crippen LogP contribution is -2.53. The molecule has 1 heterocycles. The van der Waals surface area contributed by atoms with Crippen LogP contribution in [0.25, 0.3) is 0 Å². The molecule has 4 rings (SSSR count). The number of rotatable bonds is 0. The molecule has 1 saturated carbocycles. The number of aliphatic hydroxyl groups is 1. The van der Waals surface area contributed by atoms with Crippen molar-refractivity contribution in [3.8, 4) is 0 Å². The zero-order valence-electron chi connectivity index (χ0n) is 14.9. The van der Waals surface area contributed by atoms with Gasteiger partial charge in [-0.05, 0) is 54.9 Å². The van der Waals surface area contributed by atoms with Crippen molar-refractivity contribution >= 4 is 11.8 Å². The molecule has 0 aromatic rings. The Kier molecular flexibility index (Phi) is 3.22. The van der Waals surface area contributed by atoms with Crippen LogP contribution < -0.4 is 0 Å². The van der Waals surface area contributed by atoms with E-state index in [1.165, 1.54) is 6.42 Å². The highest BCUT2D eigenvalue weighted by Gasteiger charge is 2.58. The second-order valence-corrected chi connectivity index (χ2v) is 8.88. The van der Waals surface area contributed by atoms with E-state index in [-0.39, 0.29) is 16.6 Å². The topological polar surface area (TPSA) is 63.6 Å². The van der Waals surface area contributed by atoms with E-state index in [1.54, 1.807) is 6.92 Å². The first-order chi connectivity index (χ1) is 11.2. The fourth-order valence-corrected chi connectivity index (χ4v) is 6.10. The summed E-state index contributed by atoms with van der Waals surface area (Å²) in [5.41, 5.74) is 2.40. The lowest BCUT2D eigenvalue weighted by molar-refractivity contribution is -0.144. The van der Waals surface area contributed by atoms with Gasteiger partial charge in [-0.25, -0.2) is 4.79 Å². The number of esters is 1. The highest BCUT2D eigenvalue weighted by Crippen LogP contribution is 2.62. The Labute approximate surface area is 143 Å². The zero-order valence-corrected chi connectivity index (χ0v) is 14.9. The van der Waals surface area contributed by atoms with Crippen LogP contribution in [-0.2, 0) is 14.3 Å². The Hall–Kier alpha value is -1.42. The average molecular weight is 330 g/mol. The smallest absolute Gasteiger partial charge is 0.335 e. The maximum atomic E-state index is 13.1. The third-order valence-electron chi connectivity index (χ3n) is 7.18. The minimum Gasteiger partial charge on any atom is -0.451 e. The largest absolute Gasteiger partial charge is 0.451 e. The summed E-state index contributed by atoms with van der Waals surface area (Å²) >= 11 is 0.